The lowest BCUT2D eigenvalue weighted by atomic mass is 10.0. The lowest BCUT2D eigenvalue weighted by Gasteiger charge is -2.02. The summed E-state index contributed by atoms with van der Waals surface area (Å²) < 4.78 is 13.2. The maximum atomic E-state index is 13.2. The zero-order valence-electron chi connectivity index (χ0n) is 7.81. The highest BCUT2D eigenvalue weighted by molar-refractivity contribution is 6.30. The minimum atomic E-state index is -0.452. The minimum Gasteiger partial charge on any atom is -0.294 e. The molecule has 0 aliphatic heterocycles. The van der Waals surface area contributed by atoms with Crippen LogP contribution in [-0.4, -0.2) is 5.78 Å². The largest absolute Gasteiger partial charge is 0.294 e. The van der Waals surface area contributed by atoms with Crippen LogP contribution >= 0.6 is 11.6 Å². The minimum absolute atomic E-state index is 0.0400. The van der Waals surface area contributed by atoms with Crippen molar-refractivity contribution < 1.29 is 9.18 Å². The first-order valence-electron chi connectivity index (χ1n) is 4.13. The molecule has 0 heterocycles. The number of hydrogen-bond donors (Lipinski definition) is 0. The Hall–Kier alpha value is -1.15. The molecule has 0 saturated heterocycles. The third-order valence-electron chi connectivity index (χ3n) is 1.84. The molecule has 3 heteroatoms. The van der Waals surface area contributed by atoms with Gasteiger partial charge < -0.3 is 0 Å². The number of allylic oxidation sites excluding steroid dienone is 1. The highest BCUT2D eigenvalue weighted by Crippen LogP contribution is 2.15. The van der Waals surface area contributed by atoms with Gasteiger partial charge in [-0.25, -0.2) is 4.39 Å². The molecule has 0 atom stereocenters. The van der Waals surface area contributed by atoms with Gasteiger partial charge in [0.2, 0.25) is 0 Å². The van der Waals surface area contributed by atoms with Crippen molar-refractivity contribution >= 4 is 17.4 Å². The van der Waals surface area contributed by atoms with Crippen LogP contribution in [0.3, 0.4) is 0 Å². The van der Waals surface area contributed by atoms with E-state index in [1.54, 1.807) is 13.0 Å². The summed E-state index contributed by atoms with van der Waals surface area (Å²) in [7, 11) is 0. The third-order valence-corrected chi connectivity index (χ3v) is 2.08. The molecule has 1 rings (SSSR count). The van der Waals surface area contributed by atoms with E-state index in [1.807, 2.05) is 0 Å². The molecule has 1 aromatic carbocycles. The number of carbonyl (C=O) groups is 1. The second-order valence-electron chi connectivity index (χ2n) is 3.12. The first-order chi connectivity index (χ1) is 6.50. The van der Waals surface area contributed by atoms with Gasteiger partial charge in [0.1, 0.15) is 5.82 Å². The van der Waals surface area contributed by atoms with Crippen molar-refractivity contribution in [2.75, 3.05) is 0 Å². The highest BCUT2D eigenvalue weighted by Gasteiger charge is 2.08. The second-order valence-corrected chi connectivity index (χ2v) is 3.55. The van der Waals surface area contributed by atoms with E-state index in [4.69, 9.17) is 11.6 Å². The van der Waals surface area contributed by atoms with Gasteiger partial charge in [0.25, 0.3) is 0 Å². The summed E-state index contributed by atoms with van der Waals surface area (Å²) in [5.41, 5.74) is 0.779. The number of ketones is 1. The Morgan fingerprint density at radius 3 is 2.71 bits per heavy atom. The van der Waals surface area contributed by atoms with Gasteiger partial charge in [-0.2, -0.15) is 0 Å². The topological polar surface area (TPSA) is 17.1 Å². The van der Waals surface area contributed by atoms with E-state index in [9.17, 15) is 9.18 Å². The molecular formula is C11H10ClFO. The van der Waals surface area contributed by atoms with Gasteiger partial charge in [-0.3, -0.25) is 4.79 Å². The van der Waals surface area contributed by atoms with Crippen molar-refractivity contribution in [2.45, 2.75) is 13.3 Å². The highest BCUT2D eigenvalue weighted by atomic mass is 35.5. The van der Waals surface area contributed by atoms with Gasteiger partial charge in [-0.15, -0.1) is 0 Å². The number of Topliss-reactive ketones (excluding diaryl/α,β-unsaturated/α-hetero) is 1. The van der Waals surface area contributed by atoms with Gasteiger partial charge in [-0.05, 0) is 30.2 Å². The second kappa shape index (κ2) is 4.38. The maximum Gasteiger partial charge on any atom is 0.162 e. The quantitative estimate of drug-likeness (QED) is 0.704. The predicted molar refractivity (Wildman–Crippen MR) is 54.9 cm³/mol. The summed E-state index contributed by atoms with van der Waals surface area (Å²) in [5, 5.41) is 0.328. The zero-order valence-corrected chi connectivity index (χ0v) is 8.57. The van der Waals surface area contributed by atoms with Crippen LogP contribution in [-0.2, 0) is 11.2 Å². The monoisotopic (exact) mass is 212 g/mol. The standard InChI is InChI=1S/C11H10ClFO/c1-7(2)11(14)5-8-3-4-9(12)6-10(8)13/h3-4,6H,1,5H2,2H3. The fourth-order valence-electron chi connectivity index (χ4n) is 0.989. The van der Waals surface area contributed by atoms with Crippen LogP contribution in [0.2, 0.25) is 5.02 Å². The van der Waals surface area contributed by atoms with Gasteiger partial charge in [0.05, 0.1) is 0 Å². The molecule has 0 spiro atoms. The van der Waals surface area contributed by atoms with Gasteiger partial charge >= 0.3 is 0 Å². The van der Waals surface area contributed by atoms with Gasteiger partial charge in [0, 0.05) is 11.4 Å². The molecule has 14 heavy (non-hydrogen) atoms. The Bertz CT molecular complexity index is 385. The lowest BCUT2D eigenvalue weighted by molar-refractivity contribution is -0.114. The van der Waals surface area contributed by atoms with Gasteiger partial charge in [-0.1, -0.05) is 24.2 Å². The van der Waals surface area contributed by atoms with E-state index in [-0.39, 0.29) is 12.2 Å². The van der Waals surface area contributed by atoms with E-state index < -0.39 is 5.82 Å². The first-order valence-corrected chi connectivity index (χ1v) is 4.51. The Morgan fingerprint density at radius 2 is 2.21 bits per heavy atom. The Balaban J connectivity index is 2.87. The Kier molecular flexibility index (Phi) is 3.42. The maximum absolute atomic E-state index is 13.2. The summed E-state index contributed by atoms with van der Waals surface area (Å²) in [6.45, 7) is 5.11. The van der Waals surface area contributed by atoms with Crippen molar-refractivity contribution in [3.8, 4) is 0 Å². The predicted octanol–water partition coefficient (Wildman–Crippen LogP) is 3.17. The fourth-order valence-corrected chi connectivity index (χ4v) is 1.15. The van der Waals surface area contributed by atoms with Crippen LogP contribution in [0.4, 0.5) is 4.39 Å². The molecule has 0 bridgehead atoms. The molecular weight excluding hydrogens is 203 g/mol. The first kappa shape index (κ1) is 10.9. The molecule has 1 nitrogen and oxygen atoms in total. The molecule has 0 saturated carbocycles. The van der Waals surface area contributed by atoms with Crippen LogP contribution < -0.4 is 0 Å². The SMILES string of the molecule is C=C(C)C(=O)Cc1ccc(Cl)cc1F. The average Bonchev–Trinajstić information content (AvgIpc) is 2.09. The number of hydrogen-bond acceptors (Lipinski definition) is 1. The fraction of sp³-hybridized carbons (Fsp3) is 0.182. The summed E-state index contributed by atoms with van der Waals surface area (Å²) >= 11 is 5.57. The molecule has 0 aliphatic rings. The van der Waals surface area contributed by atoms with Crippen molar-refractivity contribution in [3.05, 3.63) is 46.8 Å². The number of halogens is 2. The molecule has 0 unspecified atom stereocenters. The molecule has 0 amide bonds. The Morgan fingerprint density at radius 1 is 1.57 bits per heavy atom. The summed E-state index contributed by atoms with van der Waals surface area (Å²) in [4.78, 5) is 11.3. The molecule has 74 valence electrons. The van der Waals surface area contributed by atoms with E-state index in [1.165, 1.54) is 12.1 Å². The number of benzene rings is 1. The van der Waals surface area contributed by atoms with Gasteiger partial charge in [0.15, 0.2) is 5.78 Å². The molecule has 0 radical (unpaired) electrons. The molecule has 1 aromatic rings. The van der Waals surface area contributed by atoms with Crippen molar-refractivity contribution in [3.63, 3.8) is 0 Å². The van der Waals surface area contributed by atoms with E-state index in [0.29, 0.717) is 16.2 Å². The number of rotatable bonds is 3. The van der Waals surface area contributed by atoms with Crippen LogP contribution in [0, 0.1) is 5.82 Å². The van der Waals surface area contributed by atoms with E-state index in [0.717, 1.165) is 0 Å². The van der Waals surface area contributed by atoms with Crippen LogP contribution in [0.15, 0.2) is 30.4 Å². The number of carbonyl (C=O) groups excluding carboxylic acids is 1. The van der Waals surface area contributed by atoms with Crippen molar-refractivity contribution in [1.82, 2.24) is 0 Å². The smallest absolute Gasteiger partial charge is 0.162 e. The summed E-state index contributed by atoms with van der Waals surface area (Å²) in [6.07, 6.45) is 0.0400. The van der Waals surface area contributed by atoms with E-state index >= 15 is 0 Å². The molecule has 0 fully saturated rings. The van der Waals surface area contributed by atoms with Crippen LogP contribution in [0.1, 0.15) is 12.5 Å². The van der Waals surface area contributed by atoms with Crippen molar-refractivity contribution in [1.29, 1.82) is 0 Å². The molecule has 0 aromatic heterocycles. The third kappa shape index (κ3) is 2.67. The van der Waals surface area contributed by atoms with Crippen molar-refractivity contribution in [2.24, 2.45) is 0 Å². The average molecular weight is 213 g/mol. The van der Waals surface area contributed by atoms with Crippen LogP contribution in [0.5, 0.6) is 0 Å². The lowest BCUT2D eigenvalue weighted by Crippen LogP contribution is -2.04. The zero-order chi connectivity index (χ0) is 10.7. The summed E-state index contributed by atoms with van der Waals surface area (Å²) in [6, 6.07) is 4.27. The van der Waals surface area contributed by atoms with E-state index in [2.05, 4.69) is 6.58 Å². The normalized spacial score (nSPS) is 9.93. The molecule has 0 N–H and O–H groups in total. The molecule has 0 aliphatic carbocycles. The summed E-state index contributed by atoms with van der Waals surface area (Å²) in [5.74, 6) is -0.613. The van der Waals surface area contributed by atoms with Crippen LogP contribution in [0.25, 0.3) is 0 Å². The Labute approximate surface area is 87.2 Å².